The third-order valence-electron chi connectivity index (χ3n) is 4.77. The van der Waals surface area contributed by atoms with Crippen molar-refractivity contribution < 1.29 is 23.9 Å². The number of rotatable bonds is 8. The summed E-state index contributed by atoms with van der Waals surface area (Å²) in [7, 11) is 0. The maximum Gasteiger partial charge on any atom is 0.314 e. The summed E-state index contributed by atoms with van der Waals surface area (Å²) in [6.07, 6.45) is 2.91. The van der Waals surface area contributed by atoms with E-state index in [1.165, 1.54) is 12.1 Å². The fourth-order valence-electron chi connectivity index (χ4n) is 3.21. The van der Waals surface area contributed by atoms with Gasteiger partial charge in [0.1, 0.15) is 12.2 Å². The number of esters is 2. The first-order valence-electron chi connectivity index (χ1n) is 9.47. The summed E-state index contributed by atoms with van der Waals surface area (Å²) in [5, 5.41) is 10.0. The highest BCUT2D eigenvalue weighted by atomic mass is 35.5. The lowest BCUT2D eigenvalue weighted by Crippen LogP contribution is -2.36. The molecule has 0 saturated heterocycles. The predicted octanol–water partition coefficient (Wildman–Crippen LogP) is 2.44. The molecule has 8 nitrogen and oxygen atoms in total. The monoisotopic (exact) mass is 425 g/mol. The zero-order chi connectivity index (χ0) is 20.5. The van der Waals surface area contributed by atoms with Crippen molar-refractivity contribution in [1.29, 1.82) is 5.41 Å². The van der Waals surface area contributed by atoms with Crippen molar-refractivity contribution in [2.24, 2.45) is 17.6 Å². The summed E-state index contributed by atoms with van der Waals surface area (Å²) in [6.45, 7) is 2.57. The Labute approximate surface area is 176 Å². The minimum atomic E-state index is -0.558. The molecule has 4 N–H and O–H groups in total. The first kappa shape index (κ1) is 24.4. The second-order valence-corrected chi connectivity index (χ2v) is 6.86. The summed E-state index contributed by atoms with van der Waals surface area (Å²) in [5.74, 6) is -0.588. The second-order valence-electron chi connectivity index (χ2n) is 6.86. The molecule has 0 bridgehead atoms. The van der Waals surface area contributed by atoms with Crippen LogP contribution in [-0.2, 0) is 14.3 Å². The molecule has 0 atom stereocenters. The Balaban J connectivity index is 0.00000420. The van der Waals surface area contributed by atoms with E-state index in [1.807, 2.05) is 0 Å². The maximum atomic E-state index is 12.4. The molecule has 2 rings (SSSR count). The largest absolute Gasteiger partial charge is 0.466 e. The maximum absolute atomic E-state index is 12.4. The van der Waals surface area contributed by atoms with Crippen molar-refractivity contribution >= 4 is 36.1 Å². The second kappa shape index (κ2) is 12.1. The molecule has 1 fully saturated rings. The van der Waals surface area contributed by atoms with E-state index in [0.717, 1.165) is 25.7 Å². The van der Waals surface area contributed by atoms with Gasteiger partial charge in [0.15, 0.2) is 11.7 Å². The number of ether oxygens (including phenoxy) is 2. The normalized spacial score (nSPS) is 18.1. The third kappa shape index (κ3) is 8.11. The van der Waals surface area contributed by atoms with Gasteiger partial charge in [0, 0.05) is 12.1 Å². The molecule has 9 heteroatoms. The molecule has 0 amide bonds. The van der Waals surface area contributed by atoms with Gasteiger partial charge in [-0.15, -0.1) is 12.4 Å². The summed E-state index contributed by atoms with van der Waals surface area (Å²) in [4.78, 5) is 35.7. The van der Waals surface area contributed by atoms with Crippen LogP contribution in [0.25, 0.3) is 0 Å². The third-order valence-corrected chi connectivity index (χ3v) is 4.77. The summed E-state index contributed by atoms with van der Waals surface area (Å²) in [6, 6.07) is 6.18. The smallest absolute Gasteiger partial charge is 0.314 e. The van der Waals surface area contributed by atoms with Crippen LogP contribution < -0.4 is 15.8 Å². The quantitative estimate of drug-likeness (QED) is 0.145. The zero-order valence-electron chi connectivity index (χ0n) is 16.4. The Bertz CT molecular complexity index is 715. The highest BCUT2D eigenvalue weighted by Gasteiger charge is 2.27. The highest BCUT2D eigenvalue weighted by molar-refractivity contribution is 6.06. The Morgan fingerprint density at radius 2 is 1.76 bits per heavy atom. The van der Waals surface area contributed by atoms with Crippen LogP contribution in [-0.4, -0.2) is 36.8 Å². The molecular weight excluding hydrogens is 398 g/mol. The standard InChI is InChI=1S/C20H27N3O5.ClH/c1-2-27-18(25)11-17(24)14-7-9-16(10-8-14)28-19(26)15-5-3-13(4-6-15)12-23-20(21)22;/h7-10,13,15H,2-6,11-12H2,1H3,(H4,21,22,23);1H/t13-,15-;. The average Bonchev–Trinajstić information content (AvgIpc) is 2.67. The number of nitrogens with two attached hydrogens (primary N) is 1. The molecule has 1 aliphatic rings. The lowest BCUT2D eigenvalue weighted by atomic mass is 9.82. The zero-order valence-corrected chi connectivity index (χ0v) is 17.3. The Hall–Kier alpha value is -2.61. The van der Waals surface area contributed by atoms with Gasteiger partial charge < -0.3 is 20.5 Å². The highest BCUT2D eigenvalue weighted by Crippen LogP contribution is 2.29. The van der Waals surface area contributed by atoms with Gasteiger partial charge in [-0.05, 0) is 62.8 Å². The lowest BCUT2D eigenvalue weighted by molar-refractivity contribution is -0.142. The molecular formula is C20H28ClN3O5. The number of nitrogens with one attached hydrogen (secondary N) is 2. The van der Waals surface area contributed by atoms with Crippen LogP contribution in [0, 0.1) is 17.2 Å². The number of ketones is 1. The summed E-state index contributed by atoms with van der Waals surface area (Å²) in [5.41, 5.74) is 5.66. The van der Waals surface area contributed by atoms with Gasteiger partial charge in [0.2, 0.25) is 0 Å². The van der Waals surface area contributed by atoms with Crippen molar-refractivity contribution in [3.63, 3.8) is 0 Å². The van der Waals surface area contributed by atoms with E-state index in [0.29, 0.717) is 23.8 Å². The molecule has 1 aliphatic carbocycles. The fourth-order valence-corrected chi connectivity index (χ4v) is 3.21. The molecule has 0 aromatic heterocycles. The lowest BCUT2D eigenvalue weighted by Gasteiger charge is -2.27. The molecule has 0 aliphatic heterocycles. The average molecular weight is 426 g/mol. The number of hydrogen-bond acceptors (Lipinski definition) is 6. The van der Waals surface area contributed by atoms with Gasteiger partial charge >= 0.3 is 11.9 Å². The van der Waals surface area contributed by atoms with Gasteiger partial charge in [0.25, 0.3) is 0 Å². The molecule has 0 heterocycles. The molecule has 1 aromatic rings. The van der Waals surface area contributed by atoms with Crippen LogP contribution in [0.2, 0.25) is 0 Å². The molecule has 29 heavy (non-hydrogen) atoms. The van der Waals surface area contributed by atoms with Gasteiger partial charge in [0.05, 0.1) is 12.5 Å². The van der Waals surface area contributed by atoms with Crippen molar-refractivity contribution in [1.82, 2.24) is 5.32 Å². The SMILES string of the molecule is CCOC(=O)CC(=O)c1ccc(OC(=O)[C@H]2CC[C@H](CNC(=N)N)CC2)cc1.Cl. The number of guanidine groups is 1. The Morgan fingerprint density at radius 3 is 2.31 bits per heavy atom. The van der Waals surface area contributed by atoms with Crippen LogP contribution in [0.4, 0.5) is 0 Å². The van der Waals surface area contributed by atoms with Crippen LogP contribution in [0.15, 0.2) is 24.3 Å². The van der Waals surface area contributed by atoms with Crippen LogP contribution in [0.5, 0.6) is 5.75 Å². The first-order valence-corrected chi connectivity index (χ1v) is 9.47. The number of benzene rings is 1. The predicted molar refractivity (Wildman–Crippen MR) is 110 cm³/mol. The number of Topliss-reactive ketones (excluding diaryl/α,β-unsaturated/α-hetero) is 1. The minimum Gasteiger partial charge on any atom is -0.466 e. The number of carbonyl (C=O) groups excluding carboxylic acids is 3. The topological polar surface area (TPSA) is 132 Å². The van der Waals surface area contributed by atoms with E-state index < -0.39 is 5.97 Å². The van der Waals surface area contributed by atoms with E-state index in [9.17, 15) is 14.4 Å². The van der Waals surface area contributed by atoms with Gasteiger partial charge in [-0.25, -0.2) is 0 Å². The van der Waals surface area contributed by atoms with E-state index in [-0.39, 0.29) is 49.1 Å². The summed E-state index contributed by atoms with van der Waals surface area (Å²) < 4.78 is 10.2. The van der Waals surface area contributed by atoms with Crippen molar-refractivity contribution in [2.75, 3.05) is 13.2 Å². The van der Waals surface area contributed by atoms with E-state index in [1.54, 1.807) is 19.1 Å². The number of hydrogen-bond donors (Lipinski definition) is 3. The fraction of sp³-hybridized carbons (Fsp3) is 0.500. The first-order chi connectivity index (χ1) is 13.4. The molecule has 0 radical (unpaired) electrons. The van der Waals surface area contributed by atoms with Crippen LogP contribution in [0.1, 0.15) is 49.4 Å². The Morgan fingerprint density at radius 1 is 1.14 bits per heavy atom. The van der Waals surface area contributed by atoms with Gasteiger partial charge in [-0.3, -0.25) is 19.8 Å². The van der Waals surface area contributed by atoms with Gasteiger partial charge in [-0.1, -0.05) is 0 Å². The van der Waals surface area contributed by atoms with E-state index >= 15 is 0 Å². The summed E-state index contributed by atoms with van der Waals surface area (Å²) >= 11 is 0. The van der Waals surface area contributed by atoms with Crippen LogP contribution in [0.3, 0.4) is 0 Å². The van der Waals surface area contributed by atoms with E-state index in [4.69, 9.17) is 20.6 Å². The molecule has 0 unspecified atom stereocenters. The minimum absolute atomic E-state index is 0. The van der Waals surface area contributed by atoms with Crippen molar-refractivity contribution in [2.45, 2.75) is 39.0 Å². The van der Waals surface area contributed by atoms with Gasteiger partial charge in [-0.2, -0.15) is 0 Å². The van der Waals surface area contributed by atoms with E-state index in [2.05, 4.69) is 5.32 Å². The molecule has 160 valence electrons. The number of halogens is 1. The van der Waals surface area contributed by atoms with Crippen molar-refractivity contribution in [3.05, 3.63) is 29.8 Å². The van der Waals surface area contributed by atoms with Crippen molar-refractivity contribution in [3.8, 4) is 5.75 Å². The molecule has 1 saturated carbocycles. The molecule has 0 spiro atoms. The Kier molecular flexibility index (Phi) is 10.2. The number of carbonyl (C=O) groups is 3. The molecule has 1 aromatic carbocycles. The van der Waals surface area contributed by atoms with Crippen LogP contribution >= 0.6 is 12.4 Å².